The van der Waals surface area contributed by atoms with Gasteiger partial charge < -0.3 is 0 Å². The third-order valence-corrected chi connectivity index (χ3v) is 2.57. The fourth-order valence-electron chi connectivity index (χ4n) is 1.51. The summed E-state index contributed by atoms with van der Waals surface area (Å²) in [4.78, 5) is 0. The first-order valence-electron chi connectivity index (χ1n) is 9.23. The van der Waals surface area contributed by atoms with Crippen LogP contribution in [-0.4, -0.2) is 0 Å². The highest BCUT2D eigenvalue weighted by Gasteiger charge is 1.99. The molecule has 0 bridgehead atoms. The fraction of sp³-hybridized carbons (Fsp3) is 0.417. The van der Waals surface area contributed by atoms with Crippen LogP contribution in [0.5, 0.6) is 0 Å². The molecule has 0 rings (SSSR count). The molecule has 0 radical (unpaired) electrons. The van der Waals surface area contributed by atoms with Crippen molar-refractivity contribution in [2.75, 3.05) is 0 Å². The molecule has 0 amide bonds. The Balaban J connectivity index is -0.000000297. The van der Waals surface area contributed by atoms with Crippen molar-refractivity contribution in [3.05, 3.63) is 84.1 Å². The second kappa shape index (κ2) is 26.1. The molecule has 0 saturated carbocycles. The van der Waals surface area contributed by atoms with Crippen LogP contribution in [0, 0.1) is 0 Å². The van der Waals surface area contributed by atoms with Crippen molar-refractivity contribution in [3.63, 3.8) is 0 Å². The summed E-state index contributed by atoms with van der Waals surface area (Å²) in [5.74, 6) is 0. The smallest absolute Gasteiger partial charge is 0.0190 e. The quantitative estimate of drug-likeness (QED) is 0.427. The third-order valence-electron chi connectivity index (χ3n) is 2.57. The van der Waals surface area contributed by atoms with Gasteiger partial charge in [-0.25, -0.2) is 0 Å². The van der Waals surface area contributed by atoms with Crippen LogP contribution in [0.2, 0.25) is 0 Å². The maximum Gasteiger partial charge on any atom is -0.0190 e. The van der Waals surface area contributed by atoms with E-state index in [0.717, 1.165) is 11.1 Å². The molecule has 0 N–H and O–H groups in total. The maximum absolute atomic E-state index is 4.04. The molecule has 0 heterocycles. The van der Waals surface area contributed by atoms with E-state index >= 15 is 0 Å². The molecule has 0 saturated heterocycles. The monoisotopic (exact) mass is 330 g/mol. The minimum absolute atomic E-state index is 0.977. The SMILES string of the molecule is C=C/C(=C/C(=C/C)C(/C)=C\C=C/C)C(=C)/C=C\C.CC.CC.CC. The molecule has 0 fully saturated rings. The summed E-state index contributed by atoms with van der Waals surface area (Å²) in [6.45, 7) is 28.0. The zero-order valence-electron chi connectivity index (χ0n) is 18.0. The van der Waals surface area contributed by atoms with Gasteiger partial charge in [-0.3, -0.25) is 0 Å². The van der Waals surface area contributed by atoms with Gasteiger partial charge >= 0.3 is 0 Å². The number of allylic oxidation sites excluding steroid dienone is 12. The first-order valence-corrected chi connectivity index (χ1v) is 9.23. The van der Waals surface area contributed by atoms with E-state index in [1.54, 1.807) is 0 Å². The maximum atomic E-state index is 4.04. The van der Waals surface area contributed by atoms with E-state index in [1.807, 2.05) is 92.7 Å². The van der Waals surface area contributed by atoms with Crippen LogP contribution in [-0.2, 0) is 0 Å². The van der Waals surface area contributed by atoms with Gasteiger partial charge in [-0.1, -0.05) is 97.2 Å². The normalized spacial score (nSPS) is 11.7. The van der Waals surface area contributed by atoms with Crippen LogP contribution < -0.4 is 0 Å². The molecule has 0 aliphatic rings. The molecule has 24 heavy (non-hydrogen) atoms. The third kappa shape index (κ3) is 16.5. The molecule has 0 atom stereocenters. The highest BCUT2D eigenvalue weighted by molar-refractivity contribution is 5.51. The summed E-state index contributed by atoms with van der Waals surface area (Å²) >= 11 is 0. The lowest BCUT2D eigenvalue weighted by molar-refractivity contribution is 1.38. The largest absolute Gasteiger partial charge is 0.0984 e. The Hall–Kier alpha value is -1.82. The van der Waals surface area contributed by atoms with Gasteiger partial charge in [0.15, 0.2) is 0 Å². The molecule has 0 aromatic rings. The lowest BCUT2D eigenvalue weighted by atomic mass is 9.99. The van der Waals surface area contributed by atoms with E-state index in [0.29, 0.717) is 0 Å². The summed E-state index contributed by atoms with van der Waals surface area (Å²) < 4.78 is 0. The fourth-order valence-corrected chi connectivity index (χ4v) is 1.51. The van der Waals surface area contributed by atoms with E-state index in [9.17, 15) is 0 Å². The van der Waals surface area contributed by atoms with E-state index in [2.05, 4.69) is 38.3 Å². The second-order valence-corrected chi connectivity index (χ2v) is 3.95. The van der Waals surface area contributed by atoms with Crippen LogP contribution in [0.25, 0.3) is 0 Å². The first-order chi connectivity index (χ1) is 11.6. The molecular formula is C24H42. The van der Waals surface area contributed by atoms with Gasteiger partial charge in [0.05, 0.1) is 0 Å². The average Bonchev–Trinajstić information content (AvgIpc) is 2.65. The van der Waals surface area contributed by atoms with Gasteiger partial charge in [0.2, 0.25) is 0 Å². The molecule has 0 nitrogen and oxygen atoms in total. The highest BCUT2D eigenvalue weighted by Crippen LogP contribution is 2.18. The molecule has 138 valence electrons. The van der Waals surface area contributed by atoms with Gasteiger partial charge in [-0.05, 0) is 56.1 Å². The number of rotatable bonds is 6. The molecule has 0 spiro atoms. The standard InChI is InChI=1S/C18H24.3C2H6/c1-7-11-13-16(6)18(10-4)14-17(9-3)15(5)12-8-2;3*1-2/h7-14H,3,5H2,1-2,4,6H3;3*1-2H3/b11-7-,12-8-,16-13-,17-14-,18-10-;;;. The average molecular weight is 331 g/mol. The van der Waals surface area contributed by atoms with Crippen molar-refractivity contribution < 1.29 is 0 Å². The van der Waals surface area contributed by atoms with Crippen LogP contribution in [0.15, 0.2) is 84.1 Å². The highest BCUT2D eigenvalue weighted by atomic mass is 14.0. The van der Waals surface area contributed by atoms with Crippen LogP contribution in [0.1, 0.15) is 69.2 Å². The van der Waals surface area contributed by atoms with Crippen LogP contribution >= 0.6 is 0 Å². The summed E-state index contributed by atoms with van der Waals surface area (Å²) in [6.07, 6.45) is 16.2. The van der Waals surface area contributed by atoms with Crippen molar-refractivity contribution in [3.8, 4) is 0 Å². The van der Waals surface area contributed by atoms with E-state index < -0.39 is 0 Å². The minimum atomic E-state index is 0.977. The van der Waals surface area contributed by atoms with E-state index in [1.165, 1.54) is 11.1 Å². The minimum Gasteiger partial charge on any atom is -0.0984 e. The summed E-state index contributed by atoms with van der Waals surface area (Å²) in [5, 5.41) is 0. The van der Waals surface area contributed by atoms with Crippen molar-refractivity contribution in [1.82, 2.24) is 0 Å². The van der Waals surface area contributed by atoms with Crippen molar-refractivity contribution in [2.24, 2.45) is 0 Å². The Labute approximate surface area is 153 Å². The van der Waals surface area contributed by atoms with E-state index in [4.69, 9.17) is 0 Å². The van der Waals surface area contributed by atoms with E-state index in [-0.39, 0.29) is 0 Å². The van der Waals surface area contributed by atoms with Gasteiger partial charge in [0.25, 0.3) is 0 Å². The Kier molecular flexibility index (Phi) is 32.7. The van der Waals surface area contributed by atoms with Crippen LogP contribution in [0.3, 0.4) is 0 Å². The van der Waals surface area contributed by atoms with Gasteiger partial charge in [0.1, 0.15) is 0 Å². The van der Waals surface area contributed by atoms with Gasteiger partial charge in [-0.15, -0.1) is 0 Å². The zero-order chi connectivity index (χ0) is 20.0. The molecule has 0 aromatic carbocycles. The molecule has 0 aliphatic heterocycles. The van der Waals surface area contributed by atoms with Crippen LogP contribution in [0.4, 0.5) is 0 Å². The topological polar surface area (TPSA) is 0 Å². The molecule has 0 heteroatoms. The summed E-state index contributed by atoms with van der Waals surface area (Å²) in [7, 11) is 0. The van der Waals surface area contributed by atoms with Gasteiger partial charge in [0, 0.05) is 0 Å². The molecule has 0 unspecified atom stereocenters. The Morgan fingerprint density at radius 1 is 0.792 bits per heavy atom. The van der Waals surface area contributed by atoms with Crippen molar-refractivity contribution in [1.29, 1.82) is 0 Å². The molecular weight excluding hydrogens is 288 g/mol. The summed E-state index contributed by atoms with van der Waals surface area (Å²) in [5.41, 5.74) is 4.44. The van der Waals surface area contributed by atoms with Crippen molar-refractivity contribution >= 4 is 0 Å². The Bertz CT molecular complexity index is 435. The lowest BCUT2D eigenvalue weighted by Crippen LogP contribution is -1.86. The predicted molar refractivity (Wildman–Crippen MR) is 119 cm³/mol. The number of hydrogen-bond donors (Lipinski definition) is 0. The predicted octanol–water partition coefficient (Wildman–Crippen LogP) is 8.78. The first kappa shape index (κ1) is 30.1. The Morgan fingerprint density at radius 3 is 1.62 bits per heavy atom. The van der Waals surface area contributed by atoms with Crippen molar-refractivity contribution in [2.45, 2.75) is 69.2 Å². The lowest BCUT2D eigenvalue weighted by Gasteiger charge is -2.06. The second-order valence-electron chi connectivity index (χ2n) is 3.95. The van der Waals surface area contributed by atoms with Gasteiger partial charge in [-0.2, -0.15) is 0 Å². The zero-order valence-corrected chi connectivity index (χ0v) is 18.0. The molecule has 0 aromatic heterocycles. The Morgan fingerprint density at radius 2 is 1.29 bits per heavy atom. The number of hydrogen-bond acceptors (Lipinski definition) is 0. The molecule has 0 aliphatic carbocycles. The summed E-state index contributed by atoms with van der Waals surface area (Å²) in [6, 6.07) is 0.